The van der Waals surface area contributed by atoms with E-state index in [-0.39, 0.29) is 18.0 Å². The van der Waals surface area contributed by atoms with Gasteiger partial charge in [0, 0.05) is 11.4 Å². The molecule has 322 valence electrons. The summed E-state index contributed by atoms with van der Waals surface area (Å²) in [5.41, 5.74) is 13.1. The summed E-state index contributed by atoms with van der Waals surface area (Å²) in [4.78, 5) is 15.9. The van der Waals surface area contributed by atoms with E-state index >= 15 is 0 Å². The number of ketones is 1. The van der Waals surface area contributed by atoms with E-state index < -0.39 is 27.0 Å². The number of aromatic hydroxyl groups is 2. The molecule has 11 heteroatoms. The zero-order valence-corrected chi connectivity index (χ0v) is 42.1. The second kappa shape index (κ2) is 25.6. The summed E-state index contributed by atoms with van der Waals surface area (Å²) in [6, 6.07) is 24.5. The smallest absolute Gasteiger partial charge is 0.0130 e. The average Bonchev–Trinajstić information content (AvgIpc) is 3.85. The molecule has 0 saturated carbocycles. The summed E-state index contributed by atoms with van der Waals surface area (Å²) in [5, 5.41) is 0. The Balaban J connectivity index is 0.000000207. The Morgan fingerprint density at radius 3 is 1.31 bits per heavy atom. The van der Waals surface area contributed by atoms with Gasteiger partial charge in [0.1, 0.15) is 0 Å². The molecule has 0 aliphatic carbocycles. The van der Waals surface area contributed by atoms with Crippen LogP contribution in [0.25, 0.3) is 0 Å². The van der Waals surface area contributed by atoms with Crippen molar-refractivity contribution in [1.29, 1.82) is 0 Å². The number of hydrogen-bond donors (Lipinski definition) is 0. The SMILES string of the molecule is CC(=O)C(C)[OH+]c1ccccc1[CH]=[Ru]([Cl])[Cl].CC(C)[OH+]c1ccccc1[CH]=[Ru]([Cl])[Cl].Cc1cc(C)c(N2[CH-]CCC2)c(C)c1.Cc1cc(C)c(N2[CH-]CCC2)c(C)c1. The molecule has 2 heterocycles. The van der Waals surface area contributed by atoms with Gasteiger partial charge in [-0.05, 0) is 76.9 Å². The van der Waals surface area contributed by atoms with Crippen molar-refractivity contribution in [3.8, 4) is 11.5 Å². The molecule has 2 saturated heterocycles. The molecule has 1 unspecified atom stereocenters. The Morgan fingerprint density at radius 1 is 0.638 bits per heavy atom. The number of para-hydroxylation sites is 2. The van der Waals surface area contributed by atoms with Crippen LogP contribution in [-0.4, -0.2) is 49.8 Å². The molecule has 4 aromatic carbocycles. The predicted octanol–water partition coefficient (Wildman–Crippen LogP) is 13.1. The first-order valence-corrected chi connectivity index (χ1v) is 30.5. The number of halogens is 4. The van der Waals surface area contributed by atoms with Crippen LogP contribution in [0.1, 0.15) is 97.9 Å². The number of aryl methyl sites for hydroxylation is 6. The number of Topliss-reactive ketones (excluding diaryl/α,β-unsaturated/α-hetero) is 1. The van der Waals surface area contributed by atoms with Crippen LogP contribution in [0.15, 0.2) is 72.8 Å². The standard InChI is InChI=1S/2C13H18N.C11H12O2.C10H12O.4ClH.2Ru/c2*1-10-8-11(2)13(12(3)9-10)14-6-4-5-7-14;1-8-6-4-5-7-11(8)13-10(3)9(2)12;1-8(2)11-10-7-5-4-6-9(10)3;;;;;;/h2*6,8-9H,4-5,7H2,1-3H3;1,4-7,10H,2-3H3;3-8H,1-2H3;4*1H;;/q2*-1;;;;;;;2*+2/p-2. The maximum absolute atomic E-state index is 11.1. The van der Waals surface area contributed by atoms with Gasteiger partial charge in [-0.15, -0.1) is 0 Å². The van der Waals surface area contributed by atoms with Gasteiger partial charge in [-0.3, -0.25) is 0 Å². The third kappa shape index (κ3) is 17.1. The molecule has 6 rings (SSSR count). The number of hydrogen-bond acceptors (Lipinski definition) is 3. The average molecular weight is 1050 g/mol. The number of carbonyl (C=O) groups is 1. The van der Waals surface area contributed by atoms with Crippen molar-refractivity contribution in [3.63, 3.8) is 0 Å². The van der Waals surface area contributed by atoms with Crippen LogP contribution < -0.4 is 9.80 Å². The van der Waals surface area contributed by atoms with Crippen LogP contribution in [0.2, 0.25) is 0 Å². The van der Waals surface area contributed by atoms with E-state index in [0.717, 1.165) is 22.6 Å². The summed E-state index contributed by atoms with van der Waals surface area (Å²) in [5.74, 6) is 1.79. The fourth-order valence-electron chi connectivity index (χ4n) is 6.98. The monoisotopic (exact) mass is 1050 g/mol. The number of carbonyl (C=O) groups excluding carboxylic acids is 1. The van der Waals surface area contributed by atoms with Crippen LogP contribution in [-0.2, 0) is 31.8 Å². The molecule has 2 fully saturated rings. The summed E-state index contributed by atoms with van der Waals surface area (Å²) in [6.45, 7) is 27.6. The van der Waals surface area contributed by atoms with E-state index in [9.17, 15) is 4.79 Å². The zero-order valence-electron chi connectivity index (χ0n) is 35.6. The molecule has 2 N–H and O–H groups in total. The molecule has 0 amide bonds. The van der Waals surface area contributed by atoms with Gasteiger partial charge in [-0.25, -0.2) is 13.1 Å². The van der Waals surface area contributed by atoms with Crippen LogP contribution >= 0.6 is 38.8 Å². The maximum Gasteiger partial charge on any atom is 0.0130 e. The largest absolute Gasteiger partial charge is 0.522 e. The third-order valence-corrected chi connectivity index (χ3v) is 13.0. The van der Waals surface area contributed by atoms with E-state index in [0.29, 0.717) is 0 Å². The molecule has 5 nitrogen and oxygen atoms in total. The topological polar surface area (TPSA) is 49.2 Å². The van der Waals surface area contributed by atoms with E-state index in [1.165, 1.54) is 90.5 Å². The third-order valence-electron chi connectivity index (χ3n) is 9.32. The Morgan fingerprint density at radius 2 is 1.00 bits per heavy atom. The molecular formula is C47H62Cl4N2O3Ru2. The van der Waals surface area contributed by atoms with Crippen molar-refractivity contribution < 1.29 is 41.3 Å². The van der Waals surface area contributed by atoms with Crippen molar-refractivity contribution in [1.82, 2.24) is 0 Å². The Bertz CT molecular complexity index is 1880. The van der Waals surface area contributed by atoms with Gasteiger partial charge in [0.2, 0.25) is 0 Å². The molecular weight excluding hydrogens is 984 g/mol. The van der Waals surface area contributed by atoms with Crippen molar-refractivity contribution in [3.05, 3.63) is 130 Å². The molecule has 4 aromatic rings. The van der Waals surface area contributed by atoms with Crippen LogP contribution in [0.3, 0.4) is 0 Å². The number of benzene rings is 4. The van der Waals surface area contributed by atoms with E-state index in [2.05, 4.69) is 98.2 Å². The van der Waals surface area contributed by atoms with Gasteiger partial charge in [0.05, 0.1) is 0 Å². The number of aliphatic hydroxyl groups is 2. The van der Waals surface area contributed by atoms with Crippen molar-refractivity contribution in [2.75, 3.05) is 22.9 Å². The molecule has 2 aliphatic heterocycles. The molecule has 0 spiro atoms. The fourth-order valence-corrected chi connectivity index (χ4v) is 10.6. The molecule has 58 heavy (non-hydrogen) atoms. The van der Waals surface area contributed by atoms with E-state index in [4.69, 9.17) is 38.8 Å². The van der Waals surface area contributed by atoms with E-state index in [1.54, 1.807) is 6.92 Å². The van der Waals surface area contributed by atoms with Gasteiger partial charge in [0.15, 0.2) is 0 Å². The summed E-state index contributed by atoms with van der Waals surface area (Å²) in [7, 11) is 23.3. The van der Waals surface area contributed by atoms with E-state index in [1.807, 2.05) is 71.6 Å². The van der Waals surface area contributed by atoms with Crippen molar-refractivity contribution in [2.45, 2.75) is 107 Å². The minimum Gasteiger partial charge on any atom is -0.522 e. The minimum absolute atomic E-state index is 0.0423. The maximum atomic E-state index is 11.1. The summed E-state index contributed by atoms with van der Waals surface area (Å²) >= 11 is -3.61. The molecule has 0 aromatic heterocycles. The van der Waals surface area contributed by atoms with Gasteiger partial charge >= 0.3 is 206 Å². The van der Waals surface area contributed by atoms with Crippen LogP contribution in [0.4, 0.5) is 11.4 Å². The van der Waals surface area contributed by atoms with Gasteiger partial charge in [-0.2, -0.15) is 12.8 Å². The number of anilines is 2. The minimum atomic E-state index is -1.86. The molecule has 2 aliphatic rings. The summed E-state index contributed by atoms with van der Waals surface area (Å²) < 4.78 is 12.6. The zero-order chi connectivity index (χ0) is 42.9. The normalized spacial score (nSPS) is 14.2. The van der Waals surface area contributed by atoms with Crippen molar-refractivity contribution >= 4 is 65.1 Å². The molecule has 1 atom stereocenters. The quantitative estimate of drug-likeness (QED) is 0.0953. The fraction of sp³-hybridized carbons (Fsp3) is 0.383. The number of nitrogens with zero attached hydrogens (tertiary/aromatic N) is 2. The first-order valence-electron chi connectivity index (χ1n) is 19.6. The number of ether oxygens (including phenoxy) is 2. The van der Waals surface area contributed by atoms with Crippen LogP contribution in [0, 0.1) is 54.6 Å². The van der Waals surface area contributed by atoms with Gasteiger partial charge in [0.25, 0.3) is 0 Å². The van der Waals surface area contributed by atoms with Crippen LogP contribution in [0.5, 0.6) is 11.5 Å². The Labute approximate surface area is 375 Å². The first kappa shape index (κ1) is 50.3. The van der Waals surface area contributed by atoms with Gasteiger partial charge in [-0.1, -0.05) is 48.2 Å². The first-order chi connectivity index (χ1) is 27.5. The Kier molecular flexibility index (Phi) is 22.2. The summed E-state index contributed by atoms with van der Waals surface area (Å²) in [6.07, 6.45) is 5.01. The predicted molar refractivity (Wildman–Crippen MR) is 248 cm³/mol. The number of rotatable bonds is 9. The molecule has 0 bridgehead atoms. The van der Waals surface area contributed by atoms with Gasteiger partial charge < -0.3 is 9.80 Å². The Hall–Kier alpha value is -2.10. The molecule has 0 radical (unpaired) electrons. The second-order valence-electron chi connectivity index (χ2n) is 14.9. The second-order valence-corrected chi connectivity index (χ2v) is 26.4. The van der Waals surface area contributed by atoms with Crippen molar-refractivity contribution in [2.24, 2.45) is 0 Å².